The van der Waals surface area contributed by atoms with Crippen molar-refractivity contribution in [2.45, 2.75) is 0 Å². The van der Waals surface area contributed by atoms with Gasteiger partial charge in [-0.15, -0.1) is 11.3 Å². The van der Waals surface area contributed by atoms with E-state index in [1.807, 2.05) is 46.7 Å². The van der Waals surface area contributed by atoms with Gasteiger partial charge in [0.15, 0.2) is 5.11 Å². The van der Waals surface area contributed by atoms with E-state index in [1.165, 1.54) is 18.4 Å². The van der Waals surface area contributed by atoms with Crippen LogP contribution in [0.4, 0.5) is 11.4 Å². The quantitative estimate of drug-likeness (QED) is 0.367. The number of thiophene rings is 1. The summed E-state index contributed by atoms with van der Waals surface area (Å²) in [6.45, 7) is 2.90. The summed E-state index contributed by atoms with van der Waals surface area (Å²) < 4.78 is 6.74. The van der Waals surface area contributed by atoms with Crippen molar-refractivity contribution in [3.8, 4) is 5.75 Å². The Morgan fingerprint density at radius 2 is 1.77 bits per heavy atom. The lowest BCUT2D eigenvalue weighted by Gasteiger charge is -2.36. The van der Waals surface area contributed by atoms with Crippen molar-refractivity contribution in [2.24, 2.45) is 0 Å². The summed E-state index contributed by atoms with van der Waals surface area (Å²) in [6.07, 6.45) is 0. The zero-order chi connectivity index (χ0) is 24.9. The molecule has 2 amide bonds. The molecule has 0 aliphatic carbocycles. The van der Waals surface area contributed by atoms with Crippen LogP contribution < -0.4 is 20.3 Å². The predicted molar refractivity (Wildman–Crippen MR) is 151 cm³/mol. The fraction of sp³-hybridized carbons (Fsp3) is 0.208. The number of methoxy groups -OCH3 is 1. The van der Waals surface area contributed by atoms with E-state index >= 15 is 0 Å². The highest BCUT2D eigenvalue weighted by Gasteiger charge is 2.23. The van der Waals surface area contributed by atoms with Gasteiger partial charge < -0.3 is 19.9 Å². The highest BCUT2D eigenvalue weighted by atomic mass is 79.9. The molecule has 7 nitrogen and oxygen atoms in total. The molecule has 0 bridgehead atoms. The van der Waals surface area contributed by atoms with Crippen molar-refractivity contribution in [1.82, 2.24) is 10.2 Å². The lowest BCUT2D eigenvalue weighted by Crippen LogP contribution is -2.48. The zero-order valence-electron chi connectivity index (χ0n) is 18.7. The Hall–Kier alpha value is -2.47. The molecule has 0 saturated carbocycles. The number of hydrogen-bond acceptors (Lipinski definition) is 6. The molecular weight excluding hydrogens is 616 g/mol. The molecule has 1 fully saturated rings. The van der Waals surface area contributed by atoms with Crippen LogP contribution in [-0.4, -0.2) is 55.1 Å². The minimum atomic E-state index is -0.382. The van der Waals surface area contributed by atoms with Gasteiger partial charge in [0.2, 0.25) is 0 Å². The molecular formula is C24H22Br2N4O3S2. The van der Waals surface area contributed by atoms with Crippen LogP contribution in [0.5, 0.6) is 5.75 Å². The first-order chi connectivity index (χ1) is 16.9. The summed E-state index contributed by atoms with van der Waals surface area (Å²) in [4.78, 5) is 30.2. The average Bonchev–Trinajstić information content (AvgIpc) is 3.39. The van der Waals surface area contributed by atoms with Crippen LogP contribution in [0.3, 0.4) is 0 Å². The first kappa shape index (κ1) is 25.6. The minimum absolute atomic E-state index is 0.0996. The van der Waals surface area contributed by atoms with E-state index in [1.54, 1.807) is 12.1 Å². The summed E-state index contributed by atoms with van der Waals surface area (Å²) in [7, 11) is 1.50. The van der Waals surface area contributed by atoms with Gasteiger partial charge in [-0.3, -0.25) is 14.9 Å². The fourth-order valence-corrected chi connectivity index (χ4v) is 6.04. The van der Waals surface area contributed by atoms with Gasteiger partial charge in [-0.1, -0.05) is 22.0 Å². The Kier molecular flexibility index (Phi) is 8.42. The lowest BCUT2D eigenvalue weighted by atomic mass is 10.2. The number of amides is 2. The highest BCUT2D eigenvalue weighted by Crippen LogP contribution is 2.32. The van der Waals surface area contributed by atoms with E-state index in [0.717, 1.165) is 33.8 Å². The first-order valence-electron chi connectivity index (χ1n) is 10.7. The number of benzene rings is 2. The molecule has 2 heterocycles. The first-order valence-corrected chi connectivity index (χ1v) is 13.6. The topological polar surface area (TPSA) is 73.9 Å². The van der Waals surface area contributed by atoms with E-state index in [2.05, 4.69) is 47.4 Å². The van der Waals surface area contributed by atoms with Crippen LogP contribution in [0, 0.1) is 0 Å². The van der Waals surface area contributed by atoms with Gasteiger partial charge in [0.05, 0.1) is 22.0 Å². The van der Waals surface area contributed by atoms with Gasteiger partial charge in [0.25, 0.3) is 11.8 Å². The van der Waals surface area contributed by atoms with Gasteiger partial charge in [0.1, 0.15) is 5.75 Å². The largest absolute Gasteiger partial charge is 0.495 e. The Balaban J connectivity index is 1.31. The van der Waals surface area contributed by atoms with Crippen LogP contribution in [0.15, 0.2) is 62.9 Å². The number of anilines is 2. The third kappa shape index (κ3) is 6.21. The molecule has 0 radical (unpaired) electrons. The molecule has 0 atom stereocenters. The van der Waals surface area contributed by atoms with Crippen molar-refractivity contribution in [1.29, 1.82) is 0 Å². The maximum Gasteiger partial charge on any atom is 0.264 e. The summed E-state index contributed by atoms with van der Waals surface area (Å²) in [6, 6.07) is 15.1. The van der Waals surface area contributed by atoms with E-state index in [0.29, 0.717) is 28.9 Å². The molecule has 1 aromatic heterocycles. The Morgan fingerprint density at radius 3 is 2.40 bits per heavy atom. The number of piperazine rings is 1. The van der Waals surface area contributed by atoms with Gasteiger partial charge >= 0.3 is 0 Å². The van der Waals surface area contributed by atoms with E-state index in [4.69, 9.17) is 17.0 Å². The molecule has 11 heteroatoms. The predicted octanol–water partition coefficient (Wildman–Crippen LogP) is 5.37. The summed E-state index contributed by atoms with van der Waals surface area (Å²) in [5.41, 5.74) is 2.18. The van der Waals surface area contributed by atoms with Crippen molar-refractivity contribution in [3.63, 3.8) is 0 Å². The van der Waals surface area contributed by atoms with Crippen LogP contribution in [0.2, 0.25) is 0 Å². The van der Waals surface area contributed by atoms with E-state index in [-0.39, 0.29) is 16.9 Å². The zero-order valence-corrected chi connectivity index (χ0v) is 23.5. The standard InChI is InChI=1S/C24H22Br2N4O3S2/c1-33-21-18(13-15(25)14-19(21)26)22(31)28-24(34)27-16-4-6-17(7-5-16)29-8-10-30(11-9-29)23(32)20-3-2-12-35-20/h2-7,12-14H,8-11H2,1H3,(H2,27,28,31,34). The second-order valence-corrected chi connectivity index (χ2v) is 10.8. The SMILES string of the molecule is COc1c(Br)cc(Br)cc1C(=O)NC(=S)Nc1ccc(N2CCN(C(=O)c3cccs3)CC2)cc1. The maximum absolute atomic E-state index is 12.7. The molecule has 0 unspecified atom stereocenters. The second-order valence-electron chi connectivity index (χ2n) is 7.68. The molecule has 3 aromatic rings. The monoisotopic (exact) mass is 636 g/mol. The molecule has 1 aliphatic heterocycles. The number of hydrogen-bond donors (Lipinski definition) is 2. The molecule has 2 aromatic carbocycles. The van der Waals surface area contributed by atoms with Crippen LogP contribution in [0.25, 0.3) is 0 Å². The molecule has 4 rings (SSSR count). The number of halogens is 2. The van der Waals surface area contributed by atoms with E-state index in [9.17, 15) is 9.59 Å². The molecule has 182 valence electrons. The van der Waals surface area contributed by atoms with Gasteiger partial charge in [-0.05, 0) is 76.0 Å². The van der Waals surface area contributed by atoms with Gasteiger partial charge in [-0.2, -0.15) is 0 Å². The number of ether oxygens (including phenoxy) is 1. The van der Waals surface area contributed by atoms with Crippen molar-refractivity contribution >= 4 is 83.7 Å². The number of carbonyl (C=O) groups excluding carboxylic acids is 2. The van der Waals surface area contributed by atoms with Gasteiger partial charge in [0, 0.05) is 42.0 Å². The average molecular weight is 638 g/mol. The number of thiocarbonyl (C=S) groups is 1. The van der Waals surface area contributed by atoms with E-state index < -0.39 is 0 Å². The third-order valence-corrected chi connectivity index (χ3v) is 7.58. The van der Waals surface area contributed by atoms with Gasteiger partial charge in [-0.25, -0.2) is 0 Å². The molecule has 0 spiro atoms. The van der Waals surface area contributed by atoms with Crippen molar-refractivity contribution in [2.75, 3.05) is 43.5 Å². The fourth-order valence-electron chi connectivity index (χ4n) is 3.75. The highest BCUT2D eigenvalue weighted by molar-refractivity contribution is 9.11. The summed E-state index contributed by atoms with van der Waals surface area (Å²) in [5.74, 6) is 0.144. The second kappa shape index (κ2) is 11.5. The number of nitrogens with one attached hydrogen (secondary N) is 2. The number of rotatable bonds is 5. The smallest absolute Gasteiger partial charge is 0.264 e. The summed E-state index contributed by atoms with van der Waals surface area (Å²) >= 11 is 13.6. The van der Waals surface area contributed by atoms with Crippen LogP contribution >= 0.6 is 55.4 Å². The van der Waals surface area contributed by atoms with Crippen LogP contribution in [0.1, 0.15) is 20.0 Å². The van der Waals surface area contributed by atoms with Crippen molar-refractivity contribution in [3.05, 3.63) is 73.3 Å². The lowest BCUT2D eigenvalue weighted by molar-refractivity contribution is 0.0751. The molecule has 1 aliphatic rings. The number of nitrogens with zero attached hydrogens (tertiary/aromatic N) is 2. The Morgan fingerprint density at radius 1 is 1.06 bits per heavy atom. The molecule has 2 N–H and O–H groups in total. The van der Waals surface area contributed by atoms with Crippen molar-refractivity contribution < 1.29 is 14.3 Å². The molecule has 1 saturated heterocycles. The summed E-state index contributed by atoms with van der Waals surface area (Å²) in [5, 5.41) is 7.84. The Bertz CT molecular complexity index is 1230. The third-order valence-electron chi connectivity index (χ3n) is 5.47. The number of carbonyl (C=O) groups is 2. The minimum Gasteiger partial charge on any atom is -0.495 e. The molecule has 35 heavy (non-hydrogen) atoms. The maximum atomic E-state index is 12.7. The normalized spacial score (nSPS) is 13.3. The Labute approximate surface area is 229 Å². The van der Waals surface area contributed by atoms with Crippen LogP contribution in [-0.2, 0) is 0 Å².